The van der Waals surface area contributed by atoms with Gasteiger partial charge in [-0.05, 0) is 50.9 Å². The molecule has 3 saturated heterocycles. The number of carbonyl (C=O) groups is 3. The van der Waals surface area contributed by atoms with Crippen molar-refractivity contribution < 1.29 is 29.0 Å². The van der Waals surface area contributed by atoms with E-state index in [1.165, 1.54) is 0 Å². The maximum Gasteiger partial charge on any atom is 0.312 e. The number of halogens is 1. The van der Waals surface area contributed by atoms with Crippen LogP contribution in [0, 0.1) is 23.2 Å². The van der Waals surface area contributed by atoms with Crippen molar-refractivity contribution in [1.82, 2.24) is 9.80 Å². The third kappa shape index (κ3) is 5.93. The fraction of sp³-hybridized carbons (Fsp3) is 0.774. The molecule has 8 nitrogen and oxygen atoms in total. The van der Waals surface area contributed by atoms with Crippen LogP contribution in [0.25, 0.3) is 0 Å². The average molecular weight is 626 g/mol. The predicted molar refractivity (Wildman–Crippen MR) is 159 cm³/mol. The predicted octanol–water partition coefficient (Wildman–Crippen LogP) is 4.49. The molecule has 2 bridgehead atoms. The van der Waals surface area contributed by atoms with Crippen molar-refractivity contribution in [3.05, 3.63) is 25.3 Å². The molecule has 3 aliphatic heterocycles. The lowest BCUT2D eigenvalue weighted by atomic mass is 9.70. The Labute approximate surface area is 248 Å². The summed E-state index contributed by atoms with van der Waals surface area (Å²) in [7, 11) is 0. The van der Waals surface area contributed by atoms with Gasteiger partial charge < -0.3 is 24.4 Å². The van der Waals surface area contributed by atoms with Gasteiger partial charge in [-0.1, -0.05) is 62.7 Å². The second-order valence-corrected chi connectivity index (χ2v) is 15.0. The van der Waals surface area contributed by atoms with Gasteiger partial charge in [0.2, 0.25) is 11.8 Å². The first-order valence-corrected chi connectivity index (χ1v) is 15.4. The van der Waals surface area contributed by atoms with Gasteiger partial charge >= 0.3 is 5.97 Å². The van der Waals surface area contributed by atoms with Crippen LogP contribution < -0.4 is 0 Å². The number of aliphatic hydroxyl groups excluding tert-OH is 1. The van der Waals surface area contributed by atoms with E-state index >= 15 is 0 Å². The molecular formula is C31H49BrN2O6. The number of likely N-dealkylation sites (tertiary alicyclic amines) is 1. The first kappa shape index (κ1) is 32.8. The molecule has 226 valence electrons. The zero-order valence-electron chi connectivity index (χ0n) is 25.3. The summed E-state index contributed by atoms with van der Waals surface area (Å²) < 4.78 is 12.3. The summed E-state index contributed by atoms with van der Waals surface area (Å²) >= 11 is 3.71. The molecule has 0 aromatic rings. The zero-order valence-corrected chi connectivity index (χ0v) is 26.9. The highest BCUT2D eigenvalue weighted by Crippen LogP contribution is 2.61. The van der Waals surface area contributed by atoms with Crippen LogP contribution in [0.3, 0.4) is 0 Å². The fourth-order valence-electron chi connectivity index (χ4n) is 7.40. The standard InChI is InChI=1S/C31H49BrN2O6/c1-10-12-13-15-39-28(38)22-23-26(36)34(21(17-35)19(3)4)25(31(23)16-20(32)24(22)40-31)27(37)33(14-11-2)30(8,9)18-29(5,6)7/h10-11,19-25,35H,1-2,12-18H2,3-9H3/t20?,21-,22+,23-,24+,25?,31?/m0/s1. The van der Waals surface area contributed by atoms with E-state index in [-0.39, 0.29) is 41.2 Å². The van der Waals surface area contributed by atoms with Crippen molar-refractivity contribution in [2.45, 2.75) is 108 Å². The van der Waals surface area contributed by atoms with Gasteiger partial charge in [-0.25, -0.2) is 0 Å². The lowest BCUT2D eigenvalue weighted by Crippen LogP contribution is -2.63. The number of fused-ring (bicyclic) bond motifs is 1. The second-order valence-electron chi connectivity index (χ2n) is 13.8. The minimum absolute atomic E-state index is 0.0650. The monoisotopic (exact) mass is 624 g/mol. The van der Waals surface area contributed by atoms with E-state index in [1.807, 2.05) is 27.7 Å². The van der Waals surface area contributed by atoms with Crippen LogP contribution >= 0.6 is 15.9 Å². The summed E-state index contributed by atoms with van der Waals surface area (Å²) in [6, 6.07) is -1.61. The van der Waals surface area contributed by atoms with E-state index < -0.39 is 47.1 Å². The summed E-state index contributed by atoms with van der Waals surface area (Å²) in [6.45, 7) is 22.1. The Kier molecular flexibility index (Phi) is 10.1. The number of amides is 2. The number of nitrogens with zero attached hydrogens (tertiary/aromatic N) is 2. The fourth-order valence-corrected chi connectivity index (χ4v) is 8.34. The summed E-state index contributed by atoms with van der Waals surface area (Å²) in [5.41, 5.74) is -1.84. The Hall–Kier alpha value is -1.71. The molecule has 0 aromatic carbocycles. The van der Waals surface area contributed by atoms with E-state index in [0.29, 0.717) is 32.2 Å². The number of carbonyl (C=O) groups excluding carboxylic acids is 3. The topological polar surface area (TPSA) is 96.4 Å². The molecule has 2 amide bonds. The molecule has 3 rings (SSSR count). The Morgan fingerprint density at radius 1 is 1.25 bits per heavy atom. The number of esters is 1. The normalized spacial score (nSPS) is 30.4. The van der Waals surface area contributed by atoms with Crippen molar-refractivity contribution >= 4 is 33.7 Å². The van der Waals surface area contributed by atoms with Crippen LogP contribution in [0.1, 0.15) is 74.1 Å². The van der Waals surface area contributed by atoms with Crippen LogP contribution in [0.4, 0.5) is 0 Å². The Morgan fingerprint density at radius 3 is 2.42 bits per heavy atom. The van der Waals surface area contributed by atoms with Crippen molar-refractivity contribution in [3.8, 4) is 0 Å². The van der Waals surface area contributed by atoms with E-state index in [9.17, 15) is 19.5 Å². The third-order valence-electron chi connectivity index (χ3n) is 8.62. The average Bonchev–Trinajstić information content (AvgIpc) is 3.42. The number of rotatable bonds is 13. The van der Waals surface area contributed by atoms with Gasteiger partial charge in [-0.3, -0.25) is 14.4 Å². The minimum atomic E-state index is -1.21. The Morgan fingerprint density at radius 2 is 1.90 bits per heavy atom. The molecule has 3 aliphatic rings. The first-order chi connectivity index (χ1) is 18.6. The van der Waals surface area contributed by atoms with Crippen LogP contribution in [0.15, 0.2) is 25.3 Å². The van der Waals surface area contributed by atoms with Gasteiger partial charge in [0, 0.05) is 16.9 Å². The second kappa shape index (κ2) is 12.3. The van der Waals surface area contributed by atoms with E-state index in [2.05, 4.69) is 49.9 Å². The zero-order chi connectivity index (χ0) is 30.2. The molecule has 40 heavy (non-hydrogen) atoms. The minimum Gasteiger partial charge on any atom is -0.465 e. The number of hydrogen-bond acceptors (Lipinski definition) is 6. The molecule has 0 saturated carbocycles. The van der Waals surface area contributed by atoms with Gasteiger partial charge in [0.1, 0.15) is 11.6 Å². The molecule has 3 heterocycles. The van der Waals surface area contributed by atoms with Crippen molar-refractivity contribution in [1.29, 1.82) is 0 Å². The molecule has 0 aliphatic carbocycles. The number of ether oxygens (including phenoxy) is 2. The maximum absolute atomic E-state index is 14.8. The molecule has 0 aromatic heterocycles. The van der Waals surface area contributed by atoms with Crippen LogP contribution in [0.2, 0.25) is 0 Å². The SMILES string of the molecule is C=CCCCOC(=O)[C@H]1[C@@H]2OC3(CC2Br)C(C(=O)N(CC=C)C(C)(C)CC(C)(C)C)N([C@@H](CO)C(C)C)C(=O)[C@H]13. The van der Waals surface area contributed by atoms with Gasteiger partial charge in [-0.2, -0.15) is 0 Å². The Balaban J connectivity index is 2.11. The van der Waals surface area contributed by atoms with Crippen molar-refractivity contribution in [2.75, 3.05) is 19.8 Å². The summed E-state index contributed by atoms with van der Waals surface area (Å²) in [4.78, 5) is 45.7. The first-order valence-electron chi connectivity index (χ1n) is 14.5. The summed E-state index contributed by atoms with van der Waals surface area (Å²) in [6.07, 6.45) is 5.36. The molecule has 3 unspecified atom stereocenters. The van der Waals surface area contributed by atoms with Crippen LogP contribution in [0.5, 0.6) is 0 Å². The molecule has 1 N–H and O–H groups in total. The number of aliphatic hydroxyl groups is 1. The number of allylic oxidation sites excluding steroid dienone is 1. The largest absolute Gasteiger partial charge is 0.465 e. The molecule has 3 fully saturated rings. The summed E-state index contributed by atoms with van der Waals surface area (Å²) in [5, 5.41) is 10.5. The highest BCUT2D eigenvalue weighted by molar-refractivity contribution is 9.09. The quantitative estimate of drug-likeness (QED) is 0.140. The molecule has 7 atom stereocenters. The molecule has 0 radical (unpaired) electrons. The van der Waals surface area contributed by atoms with Gasteiger partial charge in [-0.15, -0.1) is 13.2 Å². The van der Waals surface area contributed by atoms with Gasteiger partial charge in [0.15, 0.2) is 0 Å². The highest BCUT2D eigenvalue weighted by atomic mass is 79.9. The summed E-state index contributed by atoms with van der Waals surface area (Å²) in [5.74, 6) is -2.88. The smallest absolute Gasteiger partial charge is 0.312 e. The molecule has 1 spiro atoms. The number of hydrogen-bond donors (Lipinski definition) is 1. The molecular weight excluding hydrogens is 576 g/mol. The van der Waals surface area contributed by atoms with E-state index in [4.69, 9.17) is 9.47 Å². The van der Waals surface area contributed by atoms with E-state index in [1.54, 1.807) is 22.0 Å². The third-order valence-corrected chi connectivity index (χ3v) is 9.46. The number of unbranched alkanes of at least 4 members (excludes halogenated alkanes) is 1. The lowest BCUT2D eigenvalue weighted by Gasteiger charge is -2.47. The molecule has 9 heteroatoms. The van der Waals surface area contributed by atoms with Crippen LogP contribution in [-0.2, 0) is 23.9 Å². The van der Waals surface area contributed by atoms with E-state index in [0.717, 1.165) is 0 Å². The maximum atomic E-state index is 14.8. The Bertz CT molecular complexity index is 991. The van der Waals surface area contributed by atoms with Crippen molar-refractivity contribution in [2.24, 2.45) is 23.2 Å². The lowest BCUT2D eigenvalue weighted by molar-refractivity contribution is -0.158. The van der Waals surface area contributed by atoms with Gasteiger partial charge in [0.25, 0.3) is 0 Å². The van der Waals surface area contributed by atoms with Crippen molar-refractivity contribution in [3.63, 3.8) is 0 Å². The van der Waals surface area contributed by atoms with Gasteiger partial charge in [0.05, 0.1) is 37.2 Å². The number of alkyl halides is 1. The highest BCUT2D eigenvalue weighted by Gasteiger charge is 2.77. The van der Waals surface area contributed by atoms with Crippen LogP contribution in [-0.4, -0.2) is 86.6 Å².